The third-order valence-corrected chi connectivity index (χ3v) is 6.85. The largest absolute Gasteiger partial charge is 0.480 e. The van der Waals surface area contributed by atoms with E-state index in [2.05, 4.69) is 63.6 Å². The number of esters is 1. The Labute approximate surface area is 216 Å². The molecular weight excluding hydrogens is 468 g/mol. The summed E-state index contributed by atoms with van der Waals surface area (Å²) < 4.78 is 12.9. The Hall–Kier alpha value is -3.91. The fraction of sp³-hybridized carbons (Fsp3) is 0.345. The number of methoxy groups -OCH3 is 1. The first kappa shape index (κ1) is 24.8. The van der Waals surface area contributed by atoms with Crippen molar-refractivity contribution < 1.29 is 19.4 Å². The molecule has 0 spiro atoms. The van der Waals surface area contributed by atoms with Crippen molar-refractivity contribution in [3.8, 4) is 17.0 Å². The summed E-state index contributed by atoms with van der Waals surface area (Å²) in [6.07, 6.45) is 3.35. The highest BCUT2D eigenvalue weighted by Gasteiger charge is 2.31. The lowest BCUT2D eigenvalue weighted by Crippen LogP contribution is -2.30. The van der Waals surface area contributed by atoms with Gasteiger partial charge in [-0.3, -0.25) is 4.79 Å². The first-order valence-electron chi connectivity index (χ1n) is 12.4. The van der Waals surface area contributed by atoms with Crippen molar-refractivity contribution in [3.05, 3.63) is 65.1 Å². The fourth-order valence-corrected chi connectivity index (χ4v) is 5.24. The van der Waals surface area contributed by atoms with Gasteiger partial charge in [-0.1, -0.05) is 29.8 Å². The van der Waals surface area contributed by atoms with Crippen LogP contribution >= 0.6 is 0 Å². The van der Waals surface area contributed by atoms with Crippen molar-refractivity contribution in [1.82, 2.24) is 14.5 Å². The summed E-state index contributed by atoms with van der Waals surface area (Å²) in [6, 6.07) is 10.6. The van der Waals surface area contributed by atoms with Gasteiger partial charge in [-0.25, -0.2) is 9.97 Å². The van der Waals surface area contributed by atoms with Gasteiger partial charge in [0.2, 0.25) is 11.7 Å². The van der Waals surface area contributed by atoms with Crippen LogP contribution in [0, 0.1) is 20.8 Å². The number of aryl methyl sites for hydroxylation is 2. The van der Waals surface area contributed by atoms with Gasteiger partial charge in [0, 0.05) is 38.0 Å². The van der Waals surface area contributed by atoms with Gasteiger partial charge < -0.3 is 24.0 Å². The van der Waals surface area contributed by atoms with Crippen molar-refractivity contribution in [1.29, 1.82) is 0 Å². The number of hydrogen-bond acceptors (Lipinski definition) is 7. The molecule has 0 fully saturated rings. The number of benzene rings is 2. The highest BCUT2D eigenvalue weighted by molar-refractivity contribution is 6.08. The van der Waals surface area contributed by atoms with E-state index in [1.54, 1.807) is 19.5 Å². The minimum atomic E-state index is -1.56. The lowest BCUT2D eigenvalue weighted by atomic mass is 9.88. The maximum atomic E-state index is 13.0. The maximum Gasteiger partial charge on any atom is 0.312 e. The molecule has 2 aromatic carbocycles. The van der Waals surface area contributed by atoms with Crippen molar-refractivity contribution in [2.24, 2.45) is 0 Å². The Morgan fingerprint density at radius 3 is 2.43 bits per heavy atom. The molecule has 3 heterocycles. The Morgan fingerprint density at radius 2 is 1.81 bits per heavy atom. The van der Waals surface area contributed by atoms with Gasteiger partial charge in [-0.2, -0.15) is 0 Å². The summed E-state index contributed by atoms with van der Waals surface area (Å²) in [5.74, 6) is -0.883. The molecule has 5 rings (SSSR count). The van der Waals surface area contributed by atoms with Crippen LogP contribution in [0.5, 0.6) is 5.88 Å². The van der Waals surface area contributed by atoms with Crippen molar-refractivity contribution >= 4 is 28.4 Å². The molecule has 0 unspecified atom stereocenters. The SMILES string of the molecule is COc1cnc(N2CCn3c(C)cc4c(-c5ccc(C)cc5)c(CC(=O)OC(C)(C)O)c(C)c2c43)cn1. The van der Waals surface area contributed by atoms with E-state index in [-0.39, 0.29) is 6.42 Å². The van der Waals surface area contributed by atoms with Crippen LogP contribution in [0.15, 0.2) is 42.7 Å². The monoisotopic (exact) mass is 500 g/mol. The number of aliphatic hydroxyl groups is 1. The highest BCUT2D eigenvalue weighted by atomic mass is 16.7. The van der Waals surface area contributed by atoms with Gasteiger partial charge in [0.05, 0.1) is 37.1 Å². The van der Waals surface area contributed by atoms with Gasteiger partial charge in [-0.15, -0.1) is 0 Å². The average Bonchev–Trinajstić information content (AvgIpc) is 3.18. The molecule has 0 amide bonds. The zero-order valence-corrected chi connectivity index (χ0v) is 22.1. The van der Waals surface area contributed by atoms with Crippen LogP contribution in [0.4, 0.5) is 11.5 Å². The van der Waals surface area contributed by atoms with E-state index in [1.165, 1.54) is 13.8 Å². The molecule has 1 aliphatic heterocycles. The second kappa shape index (κ2) is 9.19. The molecule has 2 aromatic heterocycles. The smallest absolute Gasteiger partial charge is 0.312 e. The molecule has 8 heteroatoms. The summed E-state index contributed by atoms with van der Waals surface area (Å²) in [5, 5.41) is 11.2. The molecule has 0 saturated carbocycles. The van der Waals surface area contributed by atoms with E-state index in [9.17, 15) is 9.90 Å². The van der Waals surface area contributed by atoms with E-state index in [0.29, 0.717) is 18.2 Å². The summed E-state index contributed by atoms with van der Waals surface area (Å²) >= 11 is 0. The van der Waals surface area contributed by atoms with Gasteiger partial charge in [0.1, 0.15) is 0 Å². The Balaban J connectivity index is 1.78. The van der Waals surface area contributed by atoms with Gasteiger partial charge >= 0.3 is 5.97 Å². The third kappa shape index (κ3) is 4.53. The van der Waals surface area contributed by atoms with Crippen molar-refractivity contribution in [3.63, 3.8) is 0 Å². The minimum absolute atomic E-state index is 0.0222. The molecular formula is C29H32N4O4. The van der Waals surface area contributed by atoms with Crippen LogP contribution in [-0.4, -0.2) is 45.1 Å². The Kier molecular flexibility index (Phi) is 6.15. The number of carbonyl (C=O) groups excluding carboxylic acids is 1. The zero-order chi connectivity index (χ0) is 26.5. The van der Waals surface area contributed by atoms with Crippen LogP contribution in [-0.2, 0) is 22.5 Å². The van der Waals surface area contributed by atoms with Crippen LogP contribution in [0.1, 0.15) is 36.2 Å². The fourth-order valence-electron chi connectivity index (χ4n) is 5.24. The first-order valence-corrected chi connectivity index (χ1v) is 12.4. The number of carbonyl (C=O) groups is 1. The molecule has 8 nitrogen and oxygen atoms in total. The minimum Gasteiger partial charge on any atom is -0.480 e. The average molecular weight is 501 g/mol. The number of aromatic nitrogens is 3. The molecule has 0 atom stereocenters. The van der Waals surface area contributed by atoms with E-state index < -0.39 is 11.8 Å². The van der Waals surface area contributed by atoms with Gasteiger partial charge in [0.15, 0.2) is 5.82 Å². The third-order valence-electron chi connectivity index (χ3n) is 6.85. The topological polar surface area (TPSA) is 89.7 Å². The van der Waals surface area contributed by atoms with Crippen LogP contribution in [0.25, 0.3) is 22.0 Å². The second-order valence-electron chi connectivity index (χ2n) is 10.1. The van der Waals surface area contributed by atoms with Gasteiger partial charge in [-0.05, 0) is 49.1 Å². The Morgan fingerprint density at radius 1 is 1.08 bits per heavy atom. The summed E-state index contributed by atoms with van der Waals surface area (Å²) in [5.41, 5.74) is 8.29. The molecule has 0 aliphatic carbocycles. The summed E-state index contributed by atoms with van der Waals surface area (Å²) in [6.45, 7) is 10.6. The van der Waals surface area contributed by atoms with Crippen LogP contribution in [0.2, 0.25) is 0 Å². The first-order chi connectivity index (χ1) is 17.6. The number of anilines is 2. The summed E-state index contributed by atoms with van der Waals surface area (Å²) in [4.78, 5) is 24.2. The predicted octanol–water partition coefficient (Wildman–Crippen LogP) is 5.00. The van der Waals surface area contributed by atoms with Gasteiger partial charge in [0.25, 0.3) is 0 Å². The number of rotatable bonds is 6. The van der Waals surface area contributed by atoms with Crippen LogP contribution < -0.4 is 9.64 Å². The molecule has 37 heavy (non-hydrogen) atoms. The van der Waals surface area contributed by atoms with E-state index in [4.69, 9.17) is 9.47 Å². The highest BCUT2D eigenvalue weighted by Crippen LogP contribution is 2.46. The second-order valence-corrected chi connectivity index (χ2v) is 10.1. The lowest BCUT2D eigenvalue weighted by Gasteiger charge is -2.33. The molecule has 1 N–H and O–H groups in total. The molecule has 4 aromatic rings. The number of hydrogen-bond donors (Lipinski definition) is 1. The standard InChI is InChI=1S/C29H32N4O4/c1-17-7-9-20(10-8-17)26-21(14-25(34)37-29(4,5)35)19(3)27-28-22(26)13-18(2)32(28)11-12-33(27)23-15-31-24(36-6)16-30-23/h7-10,13,15-16,35H,11-12,14H2,1-6H3. The number of nitrogens with zero attached hydrogens (tertiary/aromatic N) is 4. The molecule has 0 bridgehead atoms. The molecule has 0 saturated heterocycles. The predicted molar refractivity (Wildman–Crippen MR) is 143 cm³/mol. The number of ether oxygens (including phenoxy) is 2. The van der Waals surface area contributed by atoms with E-state index in [1.807, 2.05) is 6.92 Å². The summed E-state index contributed by atoms with van der Waals surface area (Å²) in [7, 11) is 1.57. The zero-order valence-electron chi connectivity index (χ0n) is 22.1. The molecule has 1 aliphatic rings. The maximum absolute atomic E-state index is 13.0. The van der Waals surface area contributed by atoms with E-state index in [0.717, 1.165) is 56.6 Å². The lowest BCUT2D eigenvalue weighted by molar-refractivity contribution is -0.194. The van der Waals surface area contributed by atoms with Crippen LogP contribution in [0.3, 0.4) is 0 Å². The van der Waals surface area contributed by atoms with Crippen molar-refractivity contribution in [2.75, 3.05) is 18.6 Å². The Bertz CT molecular complexity index is 1480. The van der Waals surface area contributed by atoms with E-state index >= 15 is 0 Å². The quantitative estimate of drug-likeness (QED) is 0.294. The van der Waals surface area contributed by atoms with Crippen molar-refractivity contribution in [2.45, 2.75) is 53.4 Å². The normalized spacial score (nSPS) is 13.2. The molecule has 192 valence electrons. The molecule has 0 radical (unpaired) electrons.